The van der Waals surface area contributed by atoms with Gasteiger partial charge < -0.3 is 0 Å². The zero-order valence-electron chi connectivity index (χ0n) is 11.0. The van der Waals surface area contributed by atoms with Crippen LogP contribution in [-0.2, 0) is 13.1 Å². The molecule has 0 radical (unpaired) electrons. The van der Waals surface area contributed by atoms with Crippen LogP contribution in [0.25, 0.3) is 0 Å². The molecule has 3 nitrogen and oxygen atoms in total. The molecule has 2 unspecified atom stereocenters. The van der Waals surface area contributed by atoms with E-state index in [9.17, 15) is 0 Å². The van der Waals surface area contributed by atoms with E-state index in [0.717, 1.165) is 31.2 Å². The van der Waals surface area contributed by atoms with E-state index in [0.29, 0.717) is 12.0 Å². The largest absolute Gasteiger partial charge is 0.293 e. The number of aromatic nitrogens is 2. The third kappa shape index (κ3) is 2.66. The van der Waals surface area contributed by atoms with Crippen molar-refractivity contribution in [2.75, 3.05) is 12.4 Å². The van der Waals surface area contributed by atoms with Gasteiger partial charge in [-0.05, 0) is 38.8 Å². The molecule has 1 aromatic heterocycles. The van der Waals surface area contributed by atoms with Gasteiger partial charge in [0.1, 0.15) is 0 Å². The van der Waals surface area contributed by atoms with Crippen LogP contribution in [0.4, 0.5) is 0 Å². The van der Waals surface area contributed by atoms with Gasteiger partial charge in [-0.15, -0.1) is 11.6 Å². The molecule has 1 aromatic rings. The van der Waals surface area contributed by atoms with Crippen LogP contribution in [0.5, 0.6) is 0 Å². The van der Waals surface area contributed by atoms with Crippen molar-refractivity contribution in [1.82, 2.24) is 14.7 Å². The number of aryl methyl sites for hydroxylation is 2. The van der Waals surface area contributed by atoms with Crippen molar-refractivity contribution in [3.8, 4) is 0 Å². The summed E-state index contributed by atoms with van der Waals surface area (Å²) in [6.45, 7) is 9.58. The van der Waals surface area contributed by atoms with Gasteiger partial charge in [0.2, 0.25) is 0 Å². The van der Waals surface area contributed by atoms with Gasteiger partial charge in [-0.1, -0.05) is 6.92 Å². The van der Waals surface area contributed by atoms with Crippen LogP contribution in [0.1, 0.15) is 31.7 Å². The highest BCUT2D eigenvalue weighted by atomic mass is 35.5. The quantitative estimate of drug-likeness (QED) is 0.772. The third-order valence-electron chi connectivity index (χ3n) is 3.81. The molecule has 0 saturated carbocycles. The van der Waals surface area contributed by atoms with E-state index in [1.54, 1.807) is 0 Å². The lowest BCUT2D eigenvalue weighted by Crippen LogP contribution is -2.33. The highest BCUT2D eigenvalue weighted by Crippen LogP contribution is 2.26. The summed E-state index contributed by atoms with van der Waals surface area (Å²) in [7, 11) is 0. The van der Waals surface area contributed by atoms with Gasteiger partial charge in [-0.3, -0.25) is 9.58 Å². The minimum atomic E-state index is 0.525. The van der Waals surface area contributed by atoms with Crippen molar-refractivity contribution >= 4 is 11.6 Å². The highest BCUT2D eigenvalue weighted by Gasteiger charge is 2.30. The number of rotatable bonds is 4. The molecule has 1 aliphatic rings. The predicted molar refractivity (Wildman–Crippen MR) is 71.3 cm³/mol. The van der Waals surface area contributed by atoms with Gasteiger partial charge in [0.25, 0.3) is 0 Å². The molecule has 1 aliphatic heterocycles. The smallest absolute Gasteiger partial charge is 0.0597 e. The Morgan fingerprint density at radius 3 is 2.94 bits per heavy atom. The summed E-state index contributed by atoms with van der Waals surface area (Å²) in [5.41, 5.74) is 2.42. The number of nitrogens with zero attached hydrogens (tertiary/aromatic N) is 3. The van der Waals surface area contributed by atoms with Crippen molar-refractivity contribution < 1.29 is 0 Å². The summed E-state index contributed by atoms with van der Waals surface area (Å²) in [6.07, 6.45) is 1.26. The van der Waals surface area contributed by atoms with Crippen LogP contribution in [-0.4, -0.2) is 33.1 Å². The lowest BCUT2D eigenvalue weighted by atomic mass is 10.1. The van der Waals surface area contributed by atoms with Gasteiger partial charge in [-0.25, -0.2) is 0 Å². The SMILES string of the molecule is CCn1nc(C)cc1CN1CCC(C)C1CCl. The lowest BCUT2D eigenvalue weighted by molar-refractivity contribution is 0.235. The van der Waals surface area contributed by atoms with Crippen LogP contribution in [0.15, 0.2) is 6.07 Å². The summed E-state index contributed by atoms with van der Waals surface area (Å²) in [5.74, 6) is 1.45. The van der Waals surface area contributed by atoms with Crippen molar-refractivity contribution in [2.45, 2.75) is 46.3 Å². The second-order valence-corrected chi connectivity index (χ2v) is 5.36. The van der Waals surface area contributed by atoms with E-state index in [1.807, 2.05) is 0 Å². The summed E-state index contributed by atoms with van der Waals surface area (Å²) in [4.78, 5) is 2.50. The predicted octanol–water partition coefficient (Wildman–Crippen LogP) is 2.66. The highest BCUT2D eigenvalue weighted by molar-refractivity contribution is 6.18. The third-order valence-corrected chi connectivity index (χ3v) is 4.12. The van der Waals surface area contributed by atoms with Gasteiger partial charge in [-0.2, -0.15) is 5.10 Å². The van der Waals surface area contributed by atoms with Crippen molar-refractivity contribution in [2.24, 2.45) is 5.92 Å². The fraction of sp³-hybridized carbons (Fsp3) is 0.769. The Labute approximate surface area is 109 Å². The Kier molecular flexibility index (Phi) is 4.10. The molecule has 0 bridgehead atoms. The standard InChI is InChI=1S/C13H22ClN3/c1-4-17-12(7-11(3)15-17)9-16-6-5-10(2)13(16)8-14/h7,10,13H,4-6,8-9H2,1-3H3. The lowest BCUT2D eigenvalue weighted by Gasteiger charge is -2.24. The van der Waals surface area contributed by atoms with Crippen molar-refractivity contribution in [3.63, 3.8) is 0 Å². The average molecular weight is 256 g/mol. The molecule has 96 valence electrons. The Balaban J connectivity index is 2.09. The molecule has 4 heteroatoms. The van der Waals surface area contributed by atoms with E-state index in [2.05, 4.69) is 41.5 Å². The Morgan fingerprint density at radius 1 is 1.53 bits per heavy atom. The number of alkyl halides is 1. The van der Waals surface area contributed by atoms with Crippen LogP contribution < -0.4 is 0 Å². The van der Waals surface area contributed by atoms with Crippen LogP contribution >= 0.6 is 11.6 Å². The topological polar surface area (TPSA) is 21.1 Å². The van der Waals surface area contributed by atoms with E-state index < -0.39 is 0 Å². The molecule has 0 aromatic carbocycles. The van der Waals surface area contributed by atoms with E-state index >= 15 is 0 Å². The first kappa shape index (κ1) is 12.9. The Bertz CT molecular complexity index is 375. The van der Waals surface area contributed by atoms with E-state index in [-0.39, 0.29) is 0 Å². The molecule has 2 atom stereocenters. The van der Waals surface area contributed by atoms with Crippen molar-refractivity contribution in [1.29, 1.82) is 0 Å². The summed E-state index contributed by atoms with van der Waals surface area (Å²) in [5, 5.41) is 4.50. The monoisotopic (exact) mass is 255 g/mol. The molecular formula is C13H22ClN3. The van der Waals surface area contributed by atoms with Crippen LogP contribution in [0, 0.1) is 12.8 Å². The average Bonchev–Trinajstić information content (AvgIpc) is 2.83. The van der Waals surface area contributed by atoms with Gasteiger partial charge in [0, 0.05) is 25.0 Å². The van der Waals surface area contributed by atoms with Crippen molar-refractivity contribution in [3.05, 3.63) is 17.5 Å². The Morgan fingerprint density at radius 2 is 2.29 bits per heavy atom. The molecule has 2 heterocycles. The number of likely N-dealkylation sites (tertiary alicyclic amines) is 1. The normalized spacial score (nSPS) is 25.6. The fourth-order valence-corrected chi connectivity index (χ4v) is 3.24. The summed E-state index contributed by atoms with van der Waals surface area (Å²) >= 11 is 6.08. The zero-order valence-corrected chi connectivity index (χ0v) is 11.7. The molecule has 1 fully saturated rings. The maximum absolute atomic E-state index is 6.08. The second-order valence-electron chi connectivity index (χ2n) is 5.05. The molecule has 2 rings (SSSR count). The van der Waals surface area contributed by atoms with E-state index in [1.165, 1.54) is 12.1 Å². The zero-order chi connectivity index (χ0) is 12.4. The first-order chi connectivity index (χ1) is 8.15. The van der Waals surface area contributed by atoms with Crippen LogP contribution in [0.3, 0.4) is 0 Å². The van der Waals surface area contributed by atoms with Gasteiger partial charge in [0.15, 0.2) is 0 Å². The minimum Gasteiger partial charge on any atom is -0.293 e. The number of hydrogen-bond donors (Lipinski definition) is 0. The molecule has 0 aliphatic carbocycles. The summed E-state index contributed by atoms with van der Waals surface area (Å²) < 4.78 is 2.10. The molecule has 0 amide bonds. The second kappa shape index (κ2) is 5.40. The molecule has 1 saturated heterocycles. The molecule has 17 heavy (non-hydrogen) atoms. The number of halogens is 1. The maximum Gasteiger partial charge on any atom is 0.0597 e. The first-order valence-corrected chi connectivity index (χ1v) is 7.02. The van der Waals surface area contributed by atoms with E-state index in [4.69, 9.17) is 11.6 Å². The first-order valence-electron chi connectivity index (χ1n) is 6.49. The molecule has 0 spiro atoms. The van der Waals surface area contributed by atoms with Gasteiger partial charge >= 0.3 is 0 Å². The maximum atomic E-state index is 6.08. The van der Waals surface area contributed by atoms with Crippen LogP contribution in [0.2, 0.25) is 0 Å². The fourth-order valence-electron chi connectivity index (χ4n) is 2.74. The van der Waals surface area contributed by atoms with Gasteiger partial charge in [0.05, 0.1) is 11.4 Å². The molecule has 0 N–H and O–H groups in total. The minimum absolute atomic E-state index is 0.525. The summed E-state index contributed by atoms with van der Waals surface area (Å²) in [6, 6.07) is 2.72. The Hall–Kier alpha value is -0.540. The number of hydrogen-bond acceptors (Lipinski definition) is 2. The molecular weight excluding hydrogens is 234 g/mol.